The van der Waals surface area contributed by atoms with Gasteiger partial charge < -0.3 is 15.4 Å². The lowest BCUT2D eigenvalue weighted by atomic mass is 9.96. The Hall–Kier alpha value is -2.71. The molecule has 4 rings (SSSR count). The van der Waals surface area contributed by atoms with Gasteiger partial charge in [-0.3, -0.25) is 4.68 Å². The van der Waals surface area contributed by atoms with Gasteiger partial charge in [-0.2, -0.15) is 5.10 Å². The molecule has 0 bridgehead atoms. The van der Waals surface area contributed by atoms with E-state index in [1.165, 1.54) is 24.8 Å². The second-order valence-electron chi connectivity index (χ2n) is 8.47. The first-order chi connectivity index (χ1) is 15.9. The summed E-state index contributed by atoms with van der Waals surface area (Å²) in [4.78, 5) is 13.9. The number of thiophene rings is 1. The third-order valence-corrected chi connectivity index (χ3v) is 7.35. The zero-order valence-electron chi connectivity index (χ0n) is 19.4. The standard InChI is InChI=1S/C25H30N4O2S2/c1-16-14-17(2)29(28-16)15-18-10-12-19(13-11-18)26-25(32)27-23-22(24(30)31-3)20-8-6-4-5-7-9-21(20)33-23/h10-14H,4-9,15H2,1-3H3,(H2,26,27,32). The summed E-state index contributed by atoms with van der Waals surface area (Å²) in [5.74, 6) is -0.299. The summed E-state index contributed by atoms with van der Waals surface area (Å²) in [7, 11) is 1.43. The first kappa shape index (κ1) is 23.4. The molecule has 8 heteroatoms. The maximum absolute atomic E-state index is 12.6. The third-order valence-electron chi connectivity index (χ3n) is 5.94. The minimum absolute atomic E-state index is 0.299. The van der Waals surface area contributed by atoms with E-state index in [1.54, 1.807) is 11.3 Å². The summed E-state index contributed by atoms with van der Waals surface area (Å²) in [6.45, 7) is 4.80. The van der Waals surface area contributed by atoms with Gasteiger partial charge in [-0.15, -0.1) is 11.3 Å². The molecule has 1 aliphatic rings. The molecular formula is C25H30N4O2S2. The molecule has 0 amide bonds. The highest BCUT2D eigenvalue weighted by atomic mass is 32.1. The van der Waals surface area contributed by atoms with Crippen LogP contribution in [0.3, 0.4) is 0 Å². The number of hydrogen-bond acceptors (Lipinski definition) is 5. The maximum atomic E-state index is 12.6. The van der Waals surface area contributed by atoms with Gasteiger partial charge in [0, 0.05) is 16.3 Å². The molecule has 1 aliphatic carbocycles. The van der Waals surface area contributed by atoms with Gasteiger partial charge in [-0.05, 0) is 81.1 Å². The van der Waals surface area contributed by atoms with Gasteiger partial charge in [0.15, 0.2) is 5.11 Å². The fraction of sp³-hybridized carbons (Fsp3) is 0.400. The van der Waals surface area contributed by atoms with Crippen LogP contribution in [-0.4, -0.2) is 28.0 Å². The molecule has 2 aromatic heterocycles. The number of fused-ring (bicyclic) bond motifs is 1. The van der Waals surface area contributed by atoms with Crippen LogP contribution < -0.4 is 10.6 Å². The maximum Gasteiger partial charge on any atom is 0.341 e. The monoisotopic (exact) mass is 482 g/mol. The Labute approximate surface area is 204 Å². The van der Waals surface area contributed by atoms with Crippen LogP contribution in [0.1, 0.15) is 63.4 Å². The van der Waals surface area contributed by atoms with E-state index in [2.05, 4.69) is 40.9 Å². The van der Waals surface area contributed by atoms with E-state index in [-0.39, 0.29) is 5.97 Å². The number of esters is 1. The first-order valence-corrected chi connectivity index (χ1v) is 12.6. The van der Waals surface area contributed by atoms with E-state index in [0.717, 1.165) is 65.4 Å². The smallest absolute Gasteiger partial charge is 0.341 e. The fourth-order valence-electron chi connectivity index (χ4n) is 4.29. The number of hydrogen-bond donors (Lipinski definition) is 2. The van der Waals surface area contributed by atoms with Crippen molar-refractivity contribution in [2.75, 3.05) is 17.7 Å². The van der Waals surface area contributed by atoms with Gasteiger partial charge >= 0.3 is 5.97 Å². The second kappa shape index (κ2) is 10.5. The Kier molecular flexibility index (Phi) is 7.45. The zero-order chi connectivity index (χ0) is 23.4. The molecule has 2 N–H and O–H groups in total. The summed E-state index contributed by atoms with van der Waals surface area (Å²) < 4.78 is 7.10. The molecule has 0 saturated carbocycles. The van der Waals surface area contributed by atoms with E-state index in [0.29, 0.717) is 10.7 Å². The highest BCUT2D eigenvalue weighted by Crippen LogP contribution is 2.37. The number of ether oxygens (including phenoxy) is 1. The van der Waals surface area contributed by atoms with E-state index in [4.69, 9.17) is 17.0 Å². The highest BCUT2D eigenvalue weighted by Gasteiger charge is 2.25. The van der Waals surface area contributed by atoms with Crippen molar-refractivity contribution in [1.82, 2.24) is 9.78 Å². The van der Waals surface area contributed by atoms with Crippen molar-refractivity contribution in [3.8, 4) is 0 Å². The number of rotatable bonds is 5. The van der Waals surface area contributed by atoms with Crippen molar-refractivity contribution < 1.29 is 9.53 Å². The second-order valence-corrected chi connectivity index (χ2v) is 9.99. The number of thiocarbonyl (C=S) groups is 1. The zero-order valence-corrected chi connectivity index (χ0v) is 21.0. The number of aromatic nitrogens is 2. The third kappa shape index (κ3) is 5.62. The van der Waals surface area contributed by atoms with Crippen LogP contribution in [0.15, 0.2) is 30.3 Å². The molecule has 3 aromatic rings. The predicted octanol–water partition coefficient (Wildman–Crippen LogP) is 5.86. The molecule has 33 heavy (non-hydrogen) atoms. The van der Waals surface area contributed by atoms with Gasteiger partial charge in [-0.1, -0.05) is 25.0 Å². The van der Waals surface area contributed by atoms with Gasteiger partial charge in [0.25, 0.3) is 0 Å². The number of carbonyl (C=O) groups is 1. The fourth-order valence-corrected chi connectivity index (χ4v) is 5.86. The van der Waals surface area contributed by atoms with Crippen LogP contribution in [0, 0.1) is 13.8 Å². The molecule has 0 radical (unpaired) electrons. The molecule has 0 spiro atoms. The van der Waals surface area contributed by atoms with Crippen LogP contribution in [0.5, 0.6) is 0 Å². The van der Waals surface area contributed by atoms with Crippen LogP contribution in [0.4, 0.5) is 10.7 Å². The quantitative estimate of drug-likeness (QED) is 0.350. The number of anilines is 2. The molecule has 0 saturated heterocycles. The van der Waals surface area contributed by atoms with Crippen LogP contribution in [0.25, 0.3) is 0 Å². The number of methoxy groups -OCH3 is 1. The summed E-state index contributed by atoms with van der Waals surface area (Å²) in [6.07, 6.45) is 6.61. The minimum Gasteiger partial charge on any atom is -0.465 e. The lowest BCUT2D eigenvalue weighted by Crippen LogP contribution is -2.20. The minimum atomic E-state index is -0.299. The summed E-state index contributed by atoms with van der Waals surface area (Å²) >= 11 is 7.20. The Morgan fingerprint density at radius 3 is 2.52 bits per heavy atom. The van der Waals surface area contributed by atoms with E-state index in [9.17, 15) is 4.79 Å². The highest BCUT2D eigenvalue weighted by molar-refractivity contribution is 7.80. The Morgan fingerprint density at radius 1 is 1.12 bits per heavy atom. The first-order valence-electron chi connectivity index (χ1n) is 11.4. The number of aryl methyl sites for hydroxylation is 3. The lowest BCUT2D eigenvalue weighted by molar-refractivity contribution is 0.0601. The van der Waals surface area contributed by atoms with Crippen molar-refractivity contribution in [3.63, 3.8) is 0 Å². The average molecular weight is 483 g/mol. The van der Waals surface area contributed by atoms with E-state index < -0.39 is 0 Å². The van der Waals surface area contributed by atoms with Crippen molar-refractivity contribution in [3.05, 3.63) is 63.3 Å². The van der Waals surface area contributed by atoms with Crippen LogP contribution in [0.2, 0.25) is 0 Å². The van der Waals surface area contributed by atoms with E-state index in [1.807, 2.05) is 23.7 Å². The summed E-state index contributed by atoms with van der Waals surface area (Å²) in [6, 6.07) is 10.2. The van der Waals surface area contributed by atoms with Gasteiger partial charge in [-0.25, -0.2) is 4.79 Å². The van der Waals surface area contributed by atoms with E-state index >= 15 is 0 Å². The topological polar surface area (TPSA) is 68.2 Å². The Balaban J connectivity index is 1.45. The Bertz CT molecular complexity index is 1150. The number of carbonyl (C=O) groups excluding carboxylic acids is 1. The lowest BCUT2D eigenvalue weighted by Gasteiger charge is -2.12. The normalized spacial score (nSPS) is 13.5. The molecule has 2 heterocycles. The number of nitrogens with one attached hydrogen (secondary N) is 2. The number of nitrogens with zero attached hydrogens (tertiary/aromatic N) is 2. The summed E-state index contributed by atoms with van der Waals surface area (Å²) in [5, 5.41) is 12.3. The van der Waals surface area contributed by atoms with Gasteiger partial charge in [0.05, 0.1) is 24.9 Å². The SMILES string of the molecule is COC(=O)c1c(NC(=S)Nc2ccc(Cn3nc(C)cc3C)cc2)sc2c1CCCCCC2. The molecule has 6 nitrogen and oxygen atoms in total. The molecule has 0 atom stereocenters. The largest absolute Gasteiger partial charge is 0.465 e. The van der Waals surface area contributed by atoms with Crippen molar-refractivity contribution in [2.24, 2.45) is 0 Å². The van der Waals surface area contributed by atoms with Crippen LogP contribution in [-0.2, 0) is 24.1 Å². The van der Waals surface area contributed by atoms with Crippen molar-refractivity contribution in [2.45, 2.75) is 58.9 Å². The Morgan fingerprint density at radius 2 is 1.85 bits per heavy atom. The molecule has 0 fully saturated rings. The van der Waals surface area contributed by atoms with Gasteiger partial charge in [0.2, 0.25) is 0 Å². The van der Waals surface area contributed by atoms with Crippen molar-refractivity contribution >= 4 is 45.3 Å². The molecule has 0 aliphatic heterocycles. The summed E-state index contributed by atoms with van der Waals surface area (Å²) in [5.41, 5.74) is 5.99. The van der Waals surface area contributed by atoms with Crippen molar-refractivity contribution in [1.29, 1.82) is 0 Å². The van der Waals surface area contributed by atoms with Crippen LogP contribution >= 0.6 is 23.6 Å². The molecule has 1 aromatic carbocycles. The predicted molar refractivity (Wildman–Crippen MR) is 139 cm³/mol. The number of benzene rings is 1. The molecule has 0 unspecified atom stereocenters. The average Bonchev–Trinajstić information content (AvgIpc) is 3.26. The van der Waals surface area contributed by atoms with Gasteiger partial charge in [0.1, 0.15) is 5.00 Å². The molecular weight excluding hydrogens is 452 g/mol. The molecule has 174 valence electrons.